The summed E-state index contributed by atoms with van der Waals surface area (Å²) in [5, 5.41) is 4.06. The molecule has 2 rings (SSSR count). The number of thioether (sulfide) groups is 1. The first kappa shape index (κ1) is 12.6. The number of hydrogen-bond acceptors (Lipinski definition) is 4. The van der Waals surface area contributed by atoms with E-state index in [9.17, 15) is 0 Å². The molecule has 1 fully saturated rings. The zero-order chi connectivity index (χ0) is 12.1. The van der Waals surface area contributed by atoms with Crippen LogP contribution in [0.1, 0.15) is 12.8 Å². The third-order valence-electron chi connectivity index (χ3n) is 2.92. The van der Waals surface area contributed by atoms with Crippen molar-refractivity contribution in [1.82, 2.24) is 5.32 Å². The summed E-state index contributed by atoms with van der Waals surface area (Å²) in [6, 6.07) is 5.96. The van der Waals surface area contributed by atoms with Crippen molar-refractivity contribution in [3.63, 3.8) is 0 Å². The molecule has 1 atom stereocenters. The van der Waals surface area contributed by atoms with Gasteiger partial charge in [0.1, 0.15) is 11.5 Å². The molecule has 0 amide bonds. The number of benzene rings is 1. The highest BCUT2D eigenvalue weighted by molar-refractivity contribution is 8.00. The summed E-state index contributed by atoms with van der Waals surface area (Å²) >= 11 is 1.88. The molecule has 0 aliphatic carbocycles. The Kier molecular flexibility index (Phi) is 4.57. The minimum atomic E-state index is 0.629. The molecule has 94 valence electrons. The molecular formula is C13H19NO2S. The van der Waals surface area contributed by atoms with Crippen molar-refractivity contribution in [2.45, 2.75) is 23.0 Å². The van der Waals surface area contributed by atoms with Crippen LogP contribution in [0.5, 0.6) is 11.5 Å². The molecule has 0 aromatic heterocycles. The Bertz CT molecular complexity index is 364. The lowest BCUT2D eigenvalue weighted by atomic mass is 10.2. The predicted octanol–water partition coefficient (Wildman–Crippen LogP) is 2.55. The topological polar surface area (TPSA) is 30.5 Å². The Morgan fingerprint density at radius 1 is 1.29 bits per heavy atom. The van der Waals surface area contributed by atoms with Crippen molar-refractivity contribution >= 4 is 11.8 Å². The molecule has 1 aromatic carbocycles. The lowest BCUT2D eigenvalue weighted by Crippen LogP contribution is -2.31. The molecule has 3 nitrogen and oxygen atoms in total. The van der Waals surface area contributed by atoms with Crippen molar-refractivity contribution < 1.29 is 9.47 Å². The molecule has 0 spiro atoms. The molecule has 1 aromatic rings. The van der Waals surface area contributed by atoms with E-state index in [1.165, 1.54) is 17.7 Å². The van der Waals surface area contributed by atoms with Gasteiger partial charge >= 0.3 is 0 Å². The molecule has 0 bridgehead atoms. The van der Waals surface area contributed by atoms with Gasteiger partial charge in [0, 0.05) is 11.8 Å². The average molecular weight is 253 g/mol. The Labute approximate surface area is 107 Å². The number of piperidine rings is 1. The summed E-state index contributed by atoms with van der Waals surface area (Å²) in [6.07, 6.45) is 2.52. The summed E-state index contributed by atoms with van der Waals surface area (Å²) in [5.74, 6) is 1.82. The first-order chi connectivity index (χ1) is 8.33. The maximum Gasteiger partial charge on any atom is 0.132 e. The molecule has 0 radical (unpaired) electrons. The molecule has 1 aliphatic heterocycles. The van der Waals surface area contributed by atoms with Gasteiger partial charge in [0.2, 0.25) is 0 Å². The smallest absolute Gasteiger partial charge is 0.132 e. The molecule has 1 unspecified atom stereocenters. The molecular weight excluding hydrogens is 234 g/mol. The Balaban J connectivity index is 2.11. The molecule has 4 heteroatoms. The highest BCUT2D eigenvalue weighted by Crippen LogP contribution is 2.36. The second kappa shape index (κ2) is 6.17. The van der Waals surface area contributed by atoms with Crippen molar-refractivity contribution in [2.75, 3.05) is 27.3 Å². The van der Waals surface area contributed by atoms with Crippen LogP contribution in [0.25, 0.3) is 0 Å². The van der Waals surface area contributed by atoms with Crippen LogP contribution in [0.4, 0.5) is 0 Å². The van der Waals surface area contributed by atoms with E-state index in [1.807, 2.05) is 23.9 Å². The Morgan fingerprint density at radius 2 is 2.18 bits per heavy atom. The number of hydrogen-bond donors (Lipinski definition) is 1. The fraction of sp³-hybridized carbons (Fsp3) is 0.538. The summed E-state index contributed by atoms with van der Waals surface area (Å²) in [4.78, 5) is 1.17. The van der Waals surface area contributed by atoms with Crippen LogP contribution in [0, 0.1) is 0 Å². The third kappa shape index (κ3) is 3.30. The zero-order valence-corrected chi connectivity index (χ0v) is 11.2. The van der Waals surface area contributed by atoms with Crippen molar-refractivity contribution in [3.05, 3.63) is 18.2 Å². The fourth-order valence-corrected chi connectivity index (χ4v) is 3.27. The van der Waals surface area contributed by atoms with Gasteiger partial charge in [-0.05, 0) is 37.6 Å². The maximum absolute atomic E-state index is 5.39. The van der Waals surface area contributed by atoms with Gasteiger partial charge in [-0.25, -0.2) is 0 Å². The Morgan fingerprint density at radius 3 is 2.82 bits per heavy atom. The second-order valence-corrected chi connectivity index (χ2v) is 5.45. The highest BCUT2D eigenvalue weighted by Gasteiger charge is 2.16. The second-order valence-electron chi connectivity index (χ2n) is 4.10. The van der Waals surface area contributed by atoms with Crippen LogP contribution in [0.3, 0.4) is 0 Å². The van der Waals surface area contributed by atoms with E-state index in [-0.39, 0.29) is 0 Å². The minimum absolute atomic E-state index is 0.629. The summed E-state index contributed by atoms with van der Waals surface area (Å²) in [7, 11) is 3.41. The van der Waals surface area contributed by atoms with Crippen molar-refractivity contribution in [1.29, 1.82) is 0 Å². The summed E-state index contributed by atoms with van der Waals surface area (Å²) in [5.41, 5.74) is 0. The van der Waals surface area contributed by atoms with Gasteiger partial charge < -0.3 is 14.8 Å². The third-order valence-corrected chi connectivity index (χ3v) is 4.22. The molecule has 17 heavy (non-hydrogen) atoms. The van der Waals surface area contributed by atoms with Crippen LogP contribution in [-0.4, -0.2) is 32.6 Å². The van der Waals surface area contributed by atoms with E-state index in [1.54, 1.807) is 14.2 Å². The molecule has 1 heterocycles. The van der Waals surface area contributed by atoms with Gasteiger partial charge in [-0.3, -0.25) is 0 Å². The first-order valence-electron chi connectivity index (χ1n) is 5.93. The van der Waals surface area contributed by atoms with E-state index in [4.69, 9.17) is 9.47 Å². The van der Waals surface area contributed by atoms with Gasteiger partial charge in [0.05, 0.1) is 19.1 Å². The van der Waals surface area contributed by atoms with Crippen molar-refractivity contribution in [2.24, 2.45) is 0 Å². The lowest BCUT2D eigenvalue weighted by molar-refractivity contribution is 0.394. The monoisotopic (exact) mass is 253 g/mol. The summed E-state index contributed by atoms with van der Waals surface area (Å²) in [6.45, 7) is 2.22. The van der Waals surface area contributed by atoms with Gasteiger partial charge in [-0.1, -0.05) is 0 Å². The minimum Gasteiger partial charge on any atom is -0.497 e. The maximum atomic E-state index is 5.39. The quantitative estimate of drug-likeness (QED) is 0.893. The van der Waals surface area contributed by atoms with Gasteiger partial charge in [0.15, 0.2) is 0 Å². The summed E-state index contributed by atoms with van der Waals surface area (Å²) < 4.78 is 10.6. The predicted molar refractivity (Wildman–Crippen MR) is 71.3 cm³/mol. The number of nitrogens with one attached hydrogen (secondary N) is 1. The van der Waals surface area contributed by atoms with Gasteiger partial charge in [-0.2, -0.15) is 0 Å². The molecule has 1 saturated heterocycles. The van der Waals surface area contributed by atoms with Crippen LogP contribution in [-0.2, 0) is 0 Å². The normalized spacial score (nSPS) is 20.0. The first-order valence-corrected chi connectivity index (χ1v) is 6.81. The zero-order valence-electron chi connectivity index (χ0n) is 10.4. The van der Waals surface area contributed by atoms with Gasteiger partial charge in [-0.15, -0.1) is 11.8 Å². The van der Waals surface area contributed by atoms with Crippen LogP contribution in [0.2, 0.25) is 0 Å². The molecule has 1 N–H and O–H groups in total. The number of ether oxygens (including phenoxy) is 2. The van der Waals surface area contributed by atoms with E-state index >= 15 is 0 Å². The lowest BCUT2D eigenvalue weighted by Gasteiger charge is -2.23. The van der Waals surface area contributed by atoms with E-state index in [0.29, 0.717) is 5.25 Å². The van der Waals surface area contributed by atoms with Gasteiger partial charge in [0.25, 0.3) is 0 Å². The number of rotatable bonds is 4. The largest absolute Gasteiger partial charge is 0.497 e. The Hall–Kier alpha value is -0.870. The standard InChI is InChI=1S/C13H19NO2S/c1-15-10-5-6-12(16-2)13(8-10)17-11-4-3-7-14-9-11/h5-6,8,11,14H,3-4,7,9H2,1-2H3. The highest BCUT2D eigenvalue weighted by atomic mass is 32.2. The SMILES string of the molecule is COc1ccc(OC)c(SC2CCCNC2)c1. The average Bonchev–Trinajstić information content (AvgIpc) is 2.40. The van der Waals surface area contributed by atoms with E-state index in [2.05, 4.69) is 11.4 Å². The molecule has 1 aliphatic rings. The number of methoxy groups -OCH3 is 2. The van der Waals surface area contributed by atoms with Crippen LogP contribution < -0.4 is 14.8 Å². The van der Waals surface area contributed by atoms with Crippen molar-refractivity contribution in [3.8, 4) is 11.5 Å². The van der Waals surface area contributed by atoms with Crippen LogP contribution in [0.15, 0.2) is 23.1 Å². The van der Waals surface area contributed by atoms with E-state index < -0.39 is 0 Å². The fourth-order valence-electron chi connectivity index (χ4n) is 1.98. The molecule has 0 saturated carbocycles. The van der Waals surface area contributed by atoms with Crippen LogP contribution >= 0.6 is 11.8 Å². The van der Waals surface area contributed by atoms with E-state index in [0.717, 1.165) is 24.6 Å².